The van der Waals surface area contributed by atoms with E-state index in [1.54, 1.807) is 14.2 Å². The van der Waals surface area contributed by atoms with Crippen LogP contribution in [0.25, 0.3) is 0 Å². The monoisotopic (exact) mass is 288 g/mol. The Bertz CT molecular complexity index is 494. The molecular formula is C19H28O2. The van der Waals surface area contributed by atoms with Gasteiger partial charge >= 0.3 is 0 Å². The molecular weight excluding hydrogens is 260 g/mol. The SMILES string of the molecule is COc1cccc(CC/C=C(\C)CCC=C(C)C)c1OC. The van der Waals surface area contributed by atoms with Crippen molar-refractivity contribution in [3.05, 3.63) is 47.1 Å². The number of benzene rings is 1. The first-order valence-electron chi connectivity index (χ1n) is 7.57. The zero-order chi connectivity index (χ0) is 15.7. The largest absolute Gasteiger partial charge is 0.493 e. The fourth-order valence-corrected chi connectivity index (χ4v) is 2.32. The Morgan fingerprint density at radius 1 is 1.00 bits per heavy atom. The molecule has 0 amide bonds. The summed E-state index contributed by atoms with van der Waals surface area (Å²) in [5.41, 5.74) is 4.04. The lowest BCUT2D eigenvalue weighted by molar-refractivity contribution is 0.351. The highest BCUT2D eigenvalue weighted by Crippen LogP contribution is 2.31. The van der Waals surface area contributed by atoms with Crippen molar-refractivity contribution >= 4 is 0 Å². The van der Waals surface area contributed by atoms with E-state index in [9.17, 15) is 0 Å². The summed E-state index contributed by atoms with van der Waals surface area (Å²) in [6, 6.07) is 6.05. The first kappa shape index (κ1) is 17.4. The van der Waals surface area contributed by atoms with Crippen LogP contribution in [0.2, 0.25) is 0 Å². The molecule has 1 aromatic carbocycles. The van der Waals surface area contributed by atoms with Crippen molar-refractivity contribution in [2.24, 2.45) is 0 Å². The standard InChI is InChI=1S/C19H28O2/c1-15(2)9-6-10-16(3)11-7-12-17-13-8-14-18(20-4)19(17)21-5/h8-9,11,13-14H,6-7,10,12H2,1-5H3/b16-11+. The molecule has 0 atom stereocenters. The normalized spacial score (nSPS) is 11.2. The van der Waals surface area contributed by atoms with Crippen LogP contribution in [-0.2, 0) is 6.42 Å². The molecule has 0 saturated heterocycles. The molecule has 0 heterocycles. The van der Waals surface area contributed by atoms with Crippen LogP contribution in [0.3, 0.4) is 0 Å². The van der Waals surface area contributed by atoms with E-state index in [1.807, 2.05) is 12.1 Å². The van der Waals surface area contributed by atoms with Crippen LogP contribution in [0.5, 0.6) is 11.5 Å². The molecule has 1 rings (SSSR count). The second kappa shape index (κ2) is 9.28. The zero-order valence-electron chi connectivity index (χ0n) is 14.0. The number of aryl methyl sites for hydroxylation is 1. The maximum absolute atomic E-state index is 5.46. The lowest BCUT2D eigenvalue weighted by atomic mass is 10.0. The Labute approximate surface area is 129 Å². The summed E-state index contributed by atoms with van der Waals surface area (Å²) in [4.78, 5) is 0. The summed E-state index contributed by atoms with van der Waals surface area (Å²) < 4.78 is 10.8. The van der Waals surface area contributed by atoms with E-state index >= 15 is 0 Å². The minimum atomic E-state index is 0.805. The molecule has 2 heteroatoms. The van der Waals surface area contributed by atoms with Crippen LogP contribution in [0.15, 0.2) is 41.5 Å². The number of methoxy groups -OCH3 is 2. The number of hydrogen-bond donors (Lipinski definition) is 0. The molecule has 0 aliphatic carbocycles. The van der Waals surface area contributed by atoms with Crippen molar-refractivity contribution in [2.45, 2.75) is 46.5 Å². The van der Waals surface area contributed by atoms with Crippen LogP contribution < -0.4 is 9.47 Å². The van der Waals surface area contributed by atoms with E-state index in [0.29, 0.717) is 0 Å². The van der Waals surface area contributed by atoms with E-state index in [0.717, 1.165) is 37.2 Å². The number of rotatable bonds is 8. The quantitative estimate of drug-likeness (QED) is 0.602. The van der Waals surface area contributed by atoms with Gasteiger partial charge in [-0.15, -0.1) is 0 Å². The third kappa shape index (κ3) is 6.07. The molecule has 1 aromatic rings. The maximum atomic E-state index is 5.46. The van der Waals surface area contributed by atoms with Crippen molar-refractivity contribution in [3.8, 4) is 11.5 Å². The number of para-hydroxylation sites is 1. The Hall–Kier alpha value is -1.70. The van der Waals surface area contributed by atoms with Gasteiger partial charge in [0.15, 0.2) is 11.5 Å². The van der Waals surface area contributed by atoms with Gasteiger partial charge < -0.3 is 9.47 Å². The highest BCUT2D eigenvalue weighted by atomic mass is 16.5. The summed E-state index contributed by atoms with van der Waals surface area (Å²) in [5, 5.41) is 0. The third-order valence-electron chi connectivity index (χ3n) is 3.48. The molecule has 0 aliphatic heterocycles. The van der Waals surface area contributed by atoms with Crippen molar-refractivity contribution in [3.63, 3.8) is 0 Å². The lowest BCUT2D eigenvalue weighted by Gasteiger charge is -2.11. The van der Waals surface area contributed by atoms with Gasteiger partial charge in [-0.05, 0) is 58.1 Å². The van der Waals surface area contributed by atoms with E-state index in [-0.39, 0.29) is 0 Å². The van der Waals surface area contributed by atoms with E-state index in [4.69, 9.17) is 9.47 Å². The van der Waals surface area contributed by atoms with E-state index < -0.39 is 0 Å². The third-order valence-corrected chi connectivity index (χ3v) is 3.48. The molecule has 0 N–H and O–H groups in total. The Balaban J connectivity index is 2.57. The zero-order valence-corrected chi connectivity index (χ0v) is 14.0. The van der Waals surface area contributed by atoms with Gasteiger partial charge in [0.05, 0.1) is 14.2 Å². The molecule has 0 unspecified atom stereocenters. The van der Waals surface area contributed by atoms with Gasteiger partial charge in [0.2, 0.25) is 0 Å². The maximum Gasteiger partial charge on any atom is 0.163 e. The topological polar surface area (TPSA) is 18.5 Å². The fourth-order valence-electron chi connectivity index (χ4n) is 2.32. The van der Waals surface area contributed by atoms with Crippen molar-refractivity contribution in [2.75, 3.05) is 14.2 Å². The van der Waals surface area contributed by atoms with Gasteiger partial charge in [0.25, 0.3) is 0 Å². The predicted octanol–water partition coefficient (Wildman–Crippen LogP) is 5.33. The van der Waals surface area contributed by atoms with Crippen LogP contribution in [0, 0.1) is 0 Å². The molecule has 2 nitrogen and oxygen atoms in total. The summed E-state index contributed by atoms with van der Waals surface area (Å²) in [7, 11) is 3.37. The smallest absolute Gasteiger partial charge is 0.163 e. The van der Waals surface area contributed by atoms with Gasteiger partial charge in [-0.3, -0.25) is 0 Å². The second-order valence-electron chi connectivity index (χ2n) is 5.56. The van der Waals surface area contributed by atoms with Crippen molar-refractivity contribution in [1.82, 2.24) is 0 Å². The Morgan fingerprint density at radius 3 is 2.38 bits per heavy atom. The average molecular weight is 288 g/mol. The summed E-state index contributed by atoms with van der Waals surface area (Å²) in [5.74, 6) is 1.66. The summed E-state index contributed by atoms with van der Waals surface area (Å²) in [6.07, 6.45) is 8.90. The molecule has 0 radical (unpaired) electrons. The van der Waals surface area contributed by atoms with E-state index in [1.165, 1.54) is 16.7 Å². The Kier molecular flexibility index (Phi) is 7.66. The first-order valence-corrected chi connectivity index (χ1v) is 7.57. The van der Waals surface area contributed by atoms with Gasteiger partial charge in [-0.25, -0.2) is 0 Å². The summed E-state index contributed by atoms with van der Waals surface area (Å²) >= 11 is 0. The molecule has 0 bridgehead atoms. The van der Waals surface area contributed by atoms with Crippen molar-refractivity contribution < 1.29 is 9.47 Å². The number of ether oxygens (including phenoxy) is 2. The van der Waals surface area contributed by atoms with Gasteiger partial charge in [-0.2, -0.15) is 0 Å². The lowest BCUT2D eigenvalue weighted by Crippen LogP contribution is -1.95. The highest BCUT2D eigenvalue weighted by molar-refractivity contribution is 5.46. The van der Waals surface area contributed by atoms with Crippen LogP contribution in [-0.4, -0.2) is 14.2 Å². The van der Waals surface area contributed by atoms with Gasteiger partial charge in [-0.1, -0.05) is 35.4 Å². The summed E-state index contributed by atoms with van der Waals surface area (Å²) in [6.45, 7) is 6.50. The Morgan fingerprint density at radius 2 is 1.76 bits per heavy atom. The fraction of sp³-hybridized carbons (Fsp3) is 0.474. The number of allylic oxidation sites excluding steroid dienone is 4. The minimum Gasteiger partial charge on any atom is -0.493 e. The van der Waals surface area contributed by atoms with Crippen LogP contribution in [0.4, 0.5) is 0 Å². The van der Waals surface area contributed by atoms with Crippen LogP contribution in [0.1, 0.15) is 45.6 Å². The van der Waals surface area contributed by atoms with E-state index in [2.05, 4.69) is 39.0 Å². The first-order chi connectivity index (χ1) is 10.1. The molecule has 0 aliphatic rings. The molecule has 0 spiro atoms. The second-order valence-corrected chi connectivity index (χ2v) is 5.56. The molecule has 0 aromatic heterocycles. The molecule has 0 fully saturated rings. The van der Waals surface area contributed by atoms with Crippen LogP contribution >= 0.6 is 0 Å². The molecule has 116 valence electrons. The van der Waals surface area contributed by atoms with Crippen molar-refractivity contribution in [1.29, 1.82) is 0 Å². The highest BCUT2D eigenvalue weighted by Gasteiger charge is 2.08. The van der Waals surface area contributed by atoms with Gasteiger partial charge in [0, 0.05) is 0 Å². The number of hydrogen-bond acceptors (Lipinski definition) is 2. The average Bonchev–Trinajstić information content (AvgIpc) is 2.46. The molecule has 21 heavy (non-hydrogen) atoms. The predicted molar refractivity (Wildman–Crippen MR) is 90.3 cm³/mol. The van der Waals surface area contributed by atoms with Gasteiger partial charge in [0.1, 0.15) is 0 Å². The minimum absolute atomic E-state index is 0.805. The molecule has 0 saturated carbocycles.